The van der Waals surface area contributed by atoms with Crippen molar-refractivity contribution in [3.05, 3.63) is 78.5 Å². The summed E-state index contributed by atoms with van der Waals surface area (Å²) in [6, 6.07) is 18.4. The van der Waals surface area contributed by atoms with E-state index in [2.05, 4.69) is 45.4 Å². The molecule has 1 aromatic carbocycles. The molecule has 5 nitrogen and oxygen atoms in total. The Kier molecular flexibility index (Phi) is 3.16. The van der Waals surface area contributed by atoms with E-state index < -0.39 is 0 Å². The first kappa shape index (κ1) is 14.0. The molecule has 0 unspecified atom stereocenters. The molecule has 25 heavy (non-hydrogen) atoms. The number of aryl methyl sites for hydroxylation is 2. The Balaban J connectivity index is 1.46. The molecular weight excluding hydrogens is 310 g/mol. The number of benzene rings is 1. The summed E-state index contributed by atoms with van der Waals surface area (Å²) in [5.74, 6) is 0.833. The van der Waals surface area contributed by atoms with Crippen LogP contribution in [0.25, 0.3) is 27.5 Å². The van der Waals surface area contributed by atoms with Crippen molar-refractivity contribution in [3.63, 3.8) is 0 Å². The van der Waals surface area contributed by atoms with Gasteiger partial charge in [0.2, 0.25) is 0 Å². The first-order chi connectivity index (χ1) is 12.4. The van der Waals surface area contributed by atoms with Crippen LogP contribution in [0.5, 0.6) is 0 Å². The van der Waals surface area contributed by atoms with Crippen molar-refractivity contribution in [1.82, 2.24) is 24.6 Å². The van der Waals surface area contributed by atoms with Gasteiger partial charge in [0.15, 0.2) is 17.1 Å². The average molecular weight is 325 g/mol. The molecule has 0 N–H and O–H groups in total. The summed E-state index contributed by atoms with van der Waals surface area (Å²) in [5.41, 5.74) is 2.70. The van der Waals surface area contributed by atoms with Gasteiger partial charge in [0.05, 0.1) is 0 Å². The first-order valence-corrected chi connectivity index (χ1v) is 8.30. The Bertz CT molecular complexity index is 1210. The number of hydrogen-bond acceptors (Lipinski definition) is 4. The van der Waals surface area contributed by atoms with Crippen molar-refractivity contribution >= 4 is 27.5 Å². The molecule has 0 radical (unpaired) electrons. The summed E-state index contributed by atoms with van der Waals surface area (Å²) in [6.07, 6.45) is 5.28. The van der Waals surface area contributed by atoms with Crippen LogP contribution in [0.4, 0.5) is 0 Å². The van der Waals surface area contributed by atoms with E-state index in [1.54, 1.807) is 6.20 Å². The lowest BCUT2D eigenvalue weighted by Crippen LogP contribution is -1.97. The summed E-state index contributed by atoms with van der Waals surface area (Å²) < 4.78 is 1.85. The molecule has 5 rings (SSSR count). The topological polar surface area (TPSA) is 56.0 Å². The zero-order chi connectivity index (χ0) is 16.6. The van der Waals surface area contributed by atoms with E-state index >= 15 is 0 Å². The van der Waals surface area contributed by atoms with Crippen LogP contribution in [0.15, 0.2) is 67.0 Å². The van der Waals surface area contributed by atoms with Crippen LogP contribution in [0.1, 0.15) is 11.5 Å². The molecular formula is C20H15N5. The normalized spacial score (nSPS) is 11.5. The van der Waals surface area contributed by atoms with Crippen LogP contribution in [0.3, 0.4) is 0 Å². The maximum Gasteiger partial charge on any atom is 0.163 e. The summed E-state index contributed by atoms with van der Waals surface area (Å²) in [4.78, 5) is 13.7. The highest BCUT2D eigenvalue weighted by molar-refractivity contribution is 5.93. The van der Waals surface area contributed by atoms with Gasteiger partial charge in [-0.25, -0.2) is 19.5 Å². The molecule has 5 heteroatoms. The van der Waals surface area contributed by atoms with Crippen molar-refractivity contribution < 1.29 is 0 Å². The van der Waals surface area contributed by atoms with Crippen molar-refractivity contribution in [2.45, 2.75) is 12.8 Å². The van der Waals surface area contributed by atoms with E-state index in [-0.39, 0.29) is 0 Å². The molecule has 4 heterocycles. The van der Waals surface area contributed by atoms with E-state index in [1.165, 1.54) is 5.39 Å². The highest BCUT2D eigenvalue weighted by atomic mass is 15.3. The fourth-order valence-electron chi connectivity index (χ4n) is 3.13. The number of rotatable bonds is 3. The van der Waals surface area contributed by atoms with Gasteiger partial charge in [-0.15, -0.1) is 0 Å². The van der Waals surface area contributed by atoms with Crippen LogP contribution in [-0.2, 0) is 12.8 Å². The second-order valence-corrected chi connectivity index (χ2v) is 6.05. The molecule has 0 bridgehead atoms. The second kappa shape index (κ2) is 5.63. The van der Waals surface area contributed by atoms with Gasteiger partial charge < -0.3 is 0 Å². The molecule has 0 saturated carbocycles. The van der Waals surface area contributed by atoms with Gasteiger partial charge in [0.1, 0.15) is 0 Å². The largest absolute Gasteiger partial charge is 0.237 e. The molecule has 4 aromatic heterocycles. The van der Waals surface area contributed by atoms with Gasteiger partial charge in [-0.3, -0.25) is 0 Å². The van der Waals surface area contributed by atoms with E-state index in [9.17, 15) is 0 Å². The van der Waals surface area contributed by atoms with Crippen molar-refractivity contribution in [2.24, 2.45) is 0 Å². The third-order valence-electron chi connectivity index (χ3n) is 4.40. The zero-order valence-corrected chi connectivity index (χ0v) is 13.5. The van der Waals surface area contributed by atoms with Crippen LogP contribution in [0.2, 0.25) is 0 Å². The molecule has 120 valence electrons. The summed E-state index contributed by atoms with van der Waals surface area (Å²) in [6.45, 7) is 0. The predicted molar refractivity (Wildman–Crippen MR) is 97.4 cm³/mol. The SMILES string of the molecule is c1cnc2nc(CCc3nc4c5ccccc5ccn4n3)ccc2c1. The van der Waals surface area contributed by atoms with Crippen LogP contribution in [-0.4, -0.2) is 24.6 Å². The van der Waals surface area contributed by atoms with Crippen molar-refractivity contribution in [1.29, 1.82) is 0 Å². The number of nitrogens with zero attached hydrogens (tertiary/aromatic N) is 5. The minimum absolute atomic E-state index is 0.751. The van der Waals surface area contributed by atoms with E-state index in [4.69, 9.17) is 4.98 Å². The van der Waals surface area contributed by atoms with Crippen LogP contribution in [0, 0.1) is 0 Å². The monoisotopic (exact) mass is 325 g/mol. The zero-order valence-electron chi connectivity index (χ0n) is 13.5. The molecule has 0 saturated heterocycles. The molecule has 0 spiro atoms. The lowest BCUT2D eigenvalue weighted by Gasteiger charge is -2.00. The van der Waals surface area contributed by atoms with E-state index in [0.717, 1.165) is 46.4 Å². The molecule has 0 aliphatic carbocycles. The first-order valence-electron chi connectivity index (χ1n) is 8.30. The Morgan fingerprint density at radius 1 is 0.800 bits per heavy atom. The second-order valence-electron chi connectivity index (χ2n) is 6.05. The standard InChI is InChI=1S/C20H15N5/c1-2-6-17-14(4-1)11-13-25-20(17)23-18(24-25)10-9-16-8-7-15-5-3-12-21-19(15)22-16/h1-8,11-13H,9-10H2. The highest BCUT2D eigenvalue weighted by Crippen LogP contribution is 2.18. The quantitative estimate of drug-likeness (QED) is 0.508. The smallest absolute Gasteiger partial charge is 0.163 e. The van der Waals surface area contributed by atoms with E-state index in [1.807, 2.05) is 35.0 Å². The fourth-order valence-corrected chi connectivity index (χ4v) is 3.13. The maximum absolute atomic E-state index is 4.73. The van der Waals surface area contributed by atoms with Gasteiger partial charge in [-0.05, 0) is 42.1 Å². The van der Waals surface area contributed by atoms with Gasteiger partial charge in [-0.2, -0.15) is 5.10 Å². The number of aromatic nitrogens is 5. The Hall–Kier alpha value is -3.34. The lowest BCUT2D eigenvalue weighted by molar-refractivity contribution is 0.823. The van der Waals surface area contributed by atoms with Gasteiger partial charge in [0.25, 0.3) is 0 Å². The molecule has 0 aliphatic rings. The maximum atomic E-state index is 4.73. The Morgan fingerprint density at radius 2 is 1.72 bits per heavy atom. The molecule has 0 aliphatic heterocycles. The lowest BCUT2D eigenvalue weighted by atomic mass is 10.2. The van der Waals surface area contributed by atoms with Gasteiger partial charge in [0, 0.05) is 35.3 Å². The highest BCUT2D eigenvalue weighted by Gasteiger charge is 2.08. The summed E-state index contributed by atoms with van der Waals surface area (Å²) in [5, 5.41) is 7.96. The van der Waals surface area contributed by atoms with Crippen molar-refractivity contribution in [3.8, 4) is 0 Å². The Labute approximate surface area is 144 Å². The Morgan fingerprint density at radius 3 is 2.72 bits per heavy atom. The van der Waals surface area contributed by atoms with Crippen LogP contribution < -0.4 is 0 Å². The number of hydrogen-bond donors (Lipinski definition) is 0. The molecule has 5 aromatic rings. The third-order valence-corrected chi connectivity index (χ3v) is 4.40. The summed E-state index contributed by atoms with van der Waals surface area (Å²) in [7, 11) is 0. The summed E-state index contributed by atoms with van der Waals surface area (Å²) >= 11 is 0. The van der Waals surface area contributed by atoms with Gasteiger partial charge >= 0.3 is 0 Å². The predicted octanol–water partition coefficient (Wildman–Crippen LogP) is 3.61. The van der Waals surface area contributed by atoms with Crippen LogP contribution >= 0.6 is 0 Å². The molecule has 0 amide bonds. The van der Waals surface area contributed by atoms with E-state index in [0.29, 0.717) is 0 Å². The van der Waals surface area contributed by atoms with Crippen molar-refractivity contribution in [2.75, 3.05) is 0 Å². The average Bonchev–Trinajstić information content (AvgIpc) is 3.10. The number of pyridine rings is 3. The minimum Gasteiger partial charge on any atom is -0.237 e. The minimum atomic E-state index is 0.751. The molecule has 0 atom stereocenters. The third kappa shape index (κ3) is 2.50. The number of fused-ring (bicyclic) bond motifs is 4. The fraction of sp³-hybridized carbons (Fsp3) is 0.100. The van der Waals surface area contributed by atoms with Gasteiger partial charge in [-0.1, -0.05) is 24.3 Å². The molecule has 0 fully saturated rings.